The first kappa shape index (κ1) is 13.6. The maximum atomic E-state index is 13.8. The molecule has 0 spiro atoms. The van der Waals surface area contributed by atoms with E-state index in [0.29, 0.717) is 0 Å². The average Bonchev–Trinajstić information content (AvgIpc) is 2.53. The monoisotopic (exact) mass is 277 g/mol. The molecule has 0 atom stereocenters. The molecule has 0 saturated carbocycles. The Morgan fingerprint density at radius 2 is 1.90 bits per heavy atom. The van der Waals surface area contributed by atoms with Crippen molar-refractivity contribution in [3.8, 4) is 6.07 Å². The van der Waals surface area contributed by atoms with Gasteiger partial charge in [-0.1, -0.05) is 37.3 Å². The van der Waals surface area contributed by atoms with Crippen LogP contribution in [0.15, 0.2) is 36.4 Å². The number of rotatable bonds is 2. The Kier molecular flexibility index (Phi) is 3.58. The summed E-state index contributed by atoms with van der Waals surface area (Å²) in [5, 5.41) is 8.89. The van der Waals surface area contributed by atoms with Crippen molar-refractivity contribution in [1.82, 2.24) is 0 Å². The quantitative estimate of drug-likeness (QED) is 0.777. The Bertz CT molecular complexity index is 748. The van der Waals surface area contributed by atoms with Gasteiger partial charge in [0, 0.05) is 0 Å². The summed E-state index contributed by atoms with van der Waals surface area (Å²) in [5.41, 5.74) is 5.84. The third-order valence-electron chi connectivity index (χ3n) is 4.08. The van der Waals surface area contributed by atoms with E-state index in [1.54, 1.807) is 6.07 Å². The van der Waals surface area contributed by atoms with E-state index < -0.39 is 5.82 Å². The highest BCUT2D eigenvalue weighted by Crippen LogP contribution is 2.31. The van der Waals surface area contributed by atoms with Crippen molar-refractivity contribution >= 4 is 11.6 Å². The largest absolute Gasteiger partial charge is 0.206 e. The summed E-state index contributed by atoms with van der Waals surface area (Å²) in [6, 6.07) is 13.6. The summed E-state index contributed by atoms with van der Waals surface area (Å²) in [6.07, 6.45) is 4.86. The number of aryl methyl sites for hydroxylation is 2. The topological polar surface area (TPSA) is 23.8 Å². The molecule has 0 radical (unpaired) electrons. The fourth-order valence-electron chi connectivity index (χ4n) is 2.78. The lowest BCUT2D eigenvalue weighted by atomic mass is 9.87. The zero-order chi connectivity index (χ0) is 14.8. The minimum atomic E-state index is -0.435. The first-order valence-electron chi connectivity index (χ1n) is 7.23. The van der Waals surface area contributed by atoms with E-state index >= 15 is 0 Å². The van der Waals surface area contributed by atoms with Crippen molar-refractivity contribution in [2.45, 2.75) is 26.2 Å². The molecule has 0 heterocycles. The number of benzene rings is 2. The van der Waals surface area contributed by atoms with Crippen molar-refractivity contribution in [2.75, 3.05) is 0 Å². The lowest BCUT2D eigenvalue weighted by molar-refractivity contribution is 0.622. The molecule has 2 aromatic rings. The fourth-order valence-corrected chi connectivity index (χ4v) is 2.78. The standard InChI is InChI=1S/C19H16FN/c1-2-13-3-5-14(6-4-13)15-7-8-16-10-18(12-21)19(20)11-17(16)9-15/h3-6,9-11H,2,7-8H2,1H3. The third-order valence-corrected chi connectivity index (χ3v) is 4.08. The number of allylic oxidation sites excluding steroid dienone is 1. The van der Waals surface area contributed by atoms with E-state index in [1.165, 1.54) is 22.8 Å². The molecule has 0 unspecified atom stereocenters. The Balaban J connectivity index is 1.99. The number of hydrogen-bond acceptors (Lipinski definition) is 1. The van der Waals surface area contributed by atoms with Crippen LogP contribution in [-0.4, -0.2) is 0 Å². The van der Waals surface area contributed by atoms with Gasteiger partial charge in [0.15, 0.2) is 0 Å². The summed E-state index contributed by atoms with van der Waals surface area (Å²) in [6.45, 7) is 2.14. The van der Waals surface area contributed by atoms with Crippen LogP contribution in [0.4, 0.5) is 4.39 Å². The number of halogens is 1. The van der Waals surface area contributed by atoms with E-state index in [9.17, 15) is 4.39 Å². The lowest BCUT2D eigenvalue weighted by Gasteiger charge is -2.17. The van der Waals surface area contributed by atoms with Gasteiger partial charge in [0.25, 0.3) is 0 Å². The van der Waals surface area contributed by atoms with Gasteiger partial charge < -0.3 is 0 Å². The molecular weight excluding hydrogens is 261 g/mol. The predicted molar refractivity (Wildman–Crippen MR) is 83.1 cm³/mol. The van der Waals surface area contributed by atoms with E-state index in [4.69, 9.17) is 5.26 Å². The van der Waals surface area contributed by atoms with Crippen LogP contribution in [0, 0.1) is 17.1 Å². The number of hydrogen-bond donors (Lipinski definition) is 0. The highest BCUT2D eigenvalue weighted by Gasteiger charge is 2.15. The van der Waals surface area contributed by atoms with E-state index in [-0.39, 0.29) is 5.56 Å². The van der Waals surface area contributed by atoms with Gasteiger partial charge in [-0.2, -0.15) is 5.26 Å². The summed E-state index contributed by atoms with van der Waals surface area (Å²) >= 11 is 0. The molecule has 0 fully saturated rings. The second-order valence-corrected chi connectivity index (χ2v) is 5.36. The first-order valence-corrected chi connectivity index (χ1v) is 7.23. The first-order chi connectivity index (χ1) is 10.2. The van der Waals surface area contributed by atoms with Crippen molar-refractivity contribution in [1.29, 1.82) is 5.26 Å². The number of nitrogens with zero attached hydrogens (tertiary/aromatic N) is 1. The van der Waals surface area contributed by atoms with Gasteiger partial charge in [-0.3, -0.25) is 0 Å². The van der Waals surface area contributed by atoms with Gasteiger partial charge in [-0.15, -0.1) is 0 Å². The number of fused-ring (bicyclic) bond motifs is 1. The van der Waals surface area contributed by atoms with Crippen molar-refractivity contribution < 1.29 is 4.39 Å². The highest BCUT2D eigenvalue weighted by atomic mass is 19.1. The second-order valence-electron chi connectivity index (χ2n) is 5.36. The smallest absolute Gasteiger partial charge is 0.141 e. The van der Waals surface area contributed by atoms with Crippen molar-refractivity contribution in [3.63, 3.8) is 0 Å². The van der Waals surface area contributed by atoms with Crippen LogP contribution in [-0.2, 0) is 12.8 Å². The zero-order valence-corrected chi connectivity index (χ0v) is 12.0. The van der Waals surface area contributed by atoms with Crippen LogP contribution >= 0.6 is 0 Å². The van der Waals surface area contributed by atoms with Crippen molar-refractivity contribution in [2.24, 2.45) is 0 Å². The summed E-state index contributed by atoms with van der Waals surface area (Å²) < 4.78 is 13.8. The molecule has 2 heteroatoms. The van der Waals surface area contributed by atoms with E-state index in [2.05, 4.69) is 31.2 Å². The Labute approximate surface area is 124 Å². The fraction of sp³-hybridized carbons (Fsp3) is 0.211. The van der Waals surface area contributed by atoms with Gasteiger partial charge in [-0.25, -0.2) is 4.39 Å². The molecular formula is C19H16FN. The Hall–Kier alpha value is -2.40. The van der Waals surface area contributed by atoms with Gasteiger partial charge in [0.05, 0.1) is 5.56 Å². The van der Waals surface area contributed by atoms with Gasteiger partial charge in [-0.05, 0) is 59.2 Å². The maximum Gasteiger partial charge on any atom is 0.141 e. The van der Waals surface area contributed by atoms with Gasteiger partial charge in [0.2, 0.25) is 0 Å². The van der Waals surface area contributed by atoms with Crippen LogP contribution in [0.25, 0.3) is 11.6 Å². The molecule has 2 aromatic carbocycles. The van der Waals surface area contributed by atoms with Crippen LogP contribution in [0.2, 0.25) is 0 Å². The van der Waals surface area contributed by atoms with E-state index in [1.807, 2.05) is 12.1 Å². The molecule has 1 nitrogen and oxygen atoms in total. The maximum absolute atomic E-state index is 13.8. The lowest BCUT2D eigenvalue weighted by Crippen LogP contribution is -2.01. The molecule has 0 aromatic heterocycles. The van der Waals surface area contributed by atoms with Crippen LogP contribution in [0.1, 0.15) is 41.2 Å². The molecule has 0 aliphatic heterocycles. The molecule has 21 heavy (non-hydrogen) atoms. The predicted octanol–water partition coefficient (Wildman–Crippen LogP) is 4.75. The third kappa shape index (κ3) is 2.60. The SMILES string of the molecule is CCc1ccc(C2=Cc3cc(F)c(C#N)cc3CC2)cc1. The average molecular weight is 277 g/mol. The molecule has 0 bridgehead atoms. The van der Waals surface area contributed by atoms with E-state index in [0.717, 1.165) is 30.4 Å². The minimum absolute atomic E-state index is 0.137. The Morgan fingerprint density at radius 1 is 1.14 bits per heavy atom. The molecule has 0 amide bonds. The molecule has 0 saturated heterocycles. The van der Waals surface area contributed by atoms with Gasteiger partial charge >= 0.3 is 0 Å². The summed E-state index contributed by atoms with van der Waals surface area (Å²) in [5.74, 6) is -0.435. The van der Waals surface area contributed by atoms with Crippen LogP contribution < -0.4 is 0 Å². The van der Waals surface area contributed by atoms with Crippen molar-refractivity contribution in [3.05, 3.63) is 70.0 Å². The summed E-state index contributed by atoms with van der Waals surface area (Å²) in [4.78, 5) is 0. The molecule has 1 aliphatic carbocycles. The molecule has 0 N–H and O–H groups in total. The van der Waals surface area contributed by atoms with Crippen LogP contribution in [0.5, 0.6) is 0 Å². The molecule has 3 rings (SSSR count). The molecule has 104 valence electrons. The second kappa shape index (κ2) is 5.54. The molecule has 1 aliphatic rings. The van der Waals surface area contributed by atoms with Gasteiger partial charge in [0.1, 0.15) is 11.9 Å². The Morgan fingerprint density at radius 3 is 2.57 bits per heavy atom. The normalized spacial score (nSPS) is 13.3. The van der Waals surface area contributed by atoms with Crippen LogP contribution in [0.3, 0.4) is 0 Å². The minimum Gasteiger partial charge on any atom is -0.206 e. The highest BCUT2D eigenvalue weighted by molar-refractivity contribution is 5.84. The zero-order valence-electron chi connectivity index (χ0n) is 12.0. The number of nitriles is 1. The summed E-state index contributed by atoms with van der Waals surface area (Å²) in [7, 11) is 0.